The van der Waals surface area contributed by atoms with E-state index in [4.69, 9.17) is 14.2 Å². The topological polar surface area (TPSA) is 57.1 Å². The van der Waals surface area contributed by atoms with E-state index in [0.29, 0.717) is 18.1 Å². The first kappa shape index (κ1) is 13.6. The zero-order chi connectivity index (χ0) is 13.9. The van der Waals surface area contributed by atoms with Crippen molar-refractivity contribution in [2.45, 2.75) is 25.0 Å². The average Bonchev–Trinajstić information content (AvgIpc) is 3.19. The second kappa shape index (κ2) is 5.43. The van der Waals surface area contributed by atoms with Crippen LogP contribution in [0.4, 0.5) is 0 Å². The molecule has 5 heteroatoms. The number of methoxy groups -OCH3 is 3. The van der Waals surface area contributed by atoms with Crippen molar-refractivity contribution >= 4 is 6.08 Å². The number of hydrogen-bond donors (Lipinski definition) is 0. The maximum Gasteiger partial charge on any atom is 0.235 e. The molecule has 5 nitrogen and oxygen atoms in total. The molecule has 1 aliphatic carbocycles. The van der Waals surface area contributed by atoms with E-state index < -0.39 is 5.54 Å². The molecule has 1 aliphatic rings. The quantitative estimate of drug-likeness (QED) is 0.583. The zero-order valence-corrected chi connectivity index (χ0v) is 11.4. The summed E-state index contributed by atoms with van der Waals surface area (Å²) >= 11 is 0. The lowest BCUT2D eigenvalue weighted by atomic mass is 10.00. The Morgan fingerprint density at radius 2 is 2.00 bits per heavy atom. The molecule has 0 amide bonds. The molecule has 0 spiro atoms. The number of ether oxygens (including phenoxy) is 3. The van der Waals surface area contributed by atoms with Gasteiger partial charge in [-0.3, -0.25) is 0 Å². The maximum absolute atomic E-state index is 10.6. The van der Waals surface area contributed by atoms with Crippen molar-refractivity contribution in [1.29, 1.82) is 0 Å². The summed E-state index contributed by atoms with van der Waals surface area (Å²) < 4.78 is 15.9. The van der Waals surface area contributed by atoms with Gasteiger partial charge < -0.3 is 14.2 Å². The minimum atomic E-state index is -0.496. The Balaban J connectivity index is 2.57. The van der Waals surface area contributed by atoms with Gasteiger partial charge in [0.15, 0.2) is 0 Å². The summed E-state index contributed by atoms with van der Waals surface area (Å²) in [5.74, 6) is 1.41. The van der Waals surface area contributed by atoms with Gasteiger partial charge in [0.2, 0.25) is 6.08 Å². The normalized spacial score (nSPS) is 15.5. The minimum absolute atomic E-state index is 0.411. The van der Waals surface area contributed by atoms with Crippen LogP contribution in [0, 0.1) is 0 Å². The van der Waals surface area contributed by atoms with Crippen LogP contribution in [-0.2, 0) is 21.7 Å². The molecule has 102 valence electrons. The number of carbonyl (C=O) groups excluding carboxylic acids is 1. The molecule has 0 unspecified atom stereocenters. The molecule has 1 aromatic carbocycles. The summed E-state index contributed by atoms with van der Waals surface area (Å²) in [5, 5.41) is 0. The van der Waals surface area contributed by atoms with Crippen LogP contribution in [0.2, 0.25) is 0 Å². The van der Waals surface area contributed by atoms with E-state index in [9.17, 15) is 4.79 Å². The van der Waals surface area contributed by atoms with E-state index in [1.165, 1.54) is 0 Å². The second-order valence-electron chi connectivity index (χ2n) is 4.54. The van der Waals surface area contributed by atoms with Crippen LogP contribution in [-0.4, -0.2) is 27.4 Å². The number of benzene rings is 1. The van der Waals surface area contributed by atoms with Gasteiger partial charge in [-0.25, -0.2) is 4.79 Å². The third kappa shape index (κ3) is 2.48. The second-order valence-corrected chi connectivity index (χ2v) is 4.54. The molecule has 0 atom stereocenters. The Morgan fingerprint density at radius 3 is 2.47 bits per heavy atom. The van der Waals surface area contributed by atoms with Crippen LogP contribution >= 0.6 is 0 Å². The Hall–Kier alpha value is -1.84. The van der Waals surface area contributed by atoms with Crippen LogP contribution in [0.5, 0.6) is 11.5 Å². The molecule has 1 fully saturated rings. The third-order valence-electron chi connectivity index (χ3n) is 3.36. The average molecular weight is 263 g/mol. The van der Waals surface area contributed by atoms with Gasteiger partial charge in [0.25, 0.3) is 0 Å². The molecule has 0 heterocycles. The Bertz CT molecular complexity index is 516. The fourth-order valence-electron chi connectivity index (χ4n) is 2.27. The van der Waals surface area contributed by atoms with Gasteiger partial charge in [-0.2, -0.15) is 4.99 Å². The van der Waals surface area contributed by atoms with Crippen molar-refractivity contribution in [3.05, 3.63) is 23.3 Å². The fraction of sp³-hybridized carbons (Fsp3) is 0.500. The minimum Gasteiger partial charge on any atom is -0.497 e. The highest BCUT2D eigenvalue weighted by Crippen LogP contribution is 2.53. The number of hydrogen-bond acceptors (Lipinski definition) is 5. The summed E-state index contributed by atoms with van der Waals surface area (Å²) in [6.45, 7) is 0.411. The van der Waals surface area contributed by atoms with Gasteiger partial charge in [-0.15, -0.1) is 0 Å². The van der Waals surface area contributed by atoms with Crippen molar-refractivity contribution in [1.82, 2.24) is 0 Å². The largest absolute Gasteiger partial charge is 0.497 e. The molecule has 0 aliphatic heterocycles. The summed E-state index contributed by atoms with van der Waals surface area (Å²) in [7, 11) is 4.82. The van der Waals surface area contributed by atoms with E-state index in [1.54, 1.807) is 27.4 Å². The number of isocyanates is 1. The molecule has 0 saturated heterocycles. The Kier molecular flexibility index (Phi) is 3.88. The number of aliphatic imine (C=N–C) groups is 1. The van der Waals surface area contributed by atoms with Gasteiger partial charge in [0.05, 0.1) is 20.8 Å². The molecule has 1 saturated carbocycles. The smallest absolute Gasteiger partial charge is 0.235 e. The lowest BCUT2D eigenvalue weighted by Gasteiger charge is -2.18. The zero-order valence-electron chi connectivity index (χ0n) is 11.4. The summed E-state index contributed by atoms with van der Waals surface area (Å²) in [5.41, 5.74) is 1.25. The fourth-order valence-corrected chi connectivity index (χ4v) is 2.27. The van der Waals surface area contributed by atoms with Crippen LogP contribution in [0.3, 0.4) is 0 Å². The lowest BCUT2D eigenvalue weighted by Crippen LogP contribution is -2.08. The van der Waals surface area contributed by atoms with E-state index in [2.05, 4.69) is 4.99 Å². The van der Waals surface area contributed by atoms with Crippen LogP contribution in [0.1, 0.15) is 24.0 Å². The summed E-state index contributed by atoms with van der Waals surface area (Å²) in [4.78, 5) is 14.6. The molecule has 2 rings (SSSR count). The summed E-state index contributed by atoms with van der Waals surface area (Å²) in [6.07, 6.45) is 3.29. The maximum atomic E-state index is 10.6. The standard InChI is InChI=1S/C14H17NO4/c1-17-8-10-6-11(18-2)7-12(13(10)19-3)14(4-5-14)15-9-16/h6-7H,4-5,8H2,1-3H3. The molecule has 0 radical (unpaired) electrons. The number of nitrogens with zero attached hydrogens (tertiary/aromatic N) is 1. The molecular formula is C14H17NO4. The van der Waals surface area contributed by atoms with E-state index in [0.717, 1.165) is 24.0 Å². The third-order valence-corrected chi connectivity index (χ3v) is 3.36. The van der Waals surface area contributed by atoms with Gasteiger partial charge in [0, 0.05) is 18.2 Å². The van der Waals surface area contributed by atoms with E-state index in [1.807, 2.05) is 12.1 Å². The highest BCUT2D eigenvalue weighted by Gasteiger charge is 2.47. The highest BCUT2D eigenvalue weighted by molar-refractivity contribution is 5.54. The SMILES string of the molecule is COCc1cc(OC)cc(C2(N=C=O)CC2)c1OC. The van der Waals surface area contributed by atoms with Crippen molar-refractivity contribution < 1.29 is 19.0 Å². The predicted molar refractivity (Wildman–Crippen MR) is 69.3 cm³/mol. The van der Waals surface area contributed by atoms with Crippen molar-refractivity contribution in [3.8, 4) is 11.5 Å². The van der Waals surface area contributed by atoms with Gasteiger partial charge in [-0.05, 0) is 25.0 Å². The summed E-state index contributed by atoms with van der Waals surface area (Å²) in [6, 6.07) is 3.73. The molecular weight excluding hydrogens is 246 g/mol. The van der Waals surface area contributed by atoms with Gasteiger partial charge in [-0.1, -0.05) is 0 Å². The van der Waals surface area contributed by atoms with Crippen LogP contribution in [0.15, 0.2) is 17.1 Å². The van der Waals surface area contributed by atoms with Gasteiger partial charge in [0.1, 0.15) is 17.0 Å². The van der Waals surface area contributed by atoms with Crippen LogP contribution in [0.25, 0.3) is 0 Å². The monoisotopic (exact) mass is 263 g/mol. The first-order valence-electron chi connectivity index (χ1n) is 6.04. The first-order chi connectivity index (χ1) is 9.20. The van der Waals surface area contributed by atoms with E-state index >= 15 is 0 Å². The highest BCUT2D eigenvalue weighted by atomic mass is 16.5. The molecule has 0 N–H and O–H groups in total. The van der Waals surface area contributed by atoms with Gasteiger partial charge >= 0.3 is 0 Å². The lowest BCUT2D eigenvalue weighted by molar-refractivity contribution is 0.181. The van der Waals surface area contributed by atoms with Crippen molar-refractivity contribution in [2.75, 3.05) is 21.3 Å². The van der Waals surface area contributed by atoms with Crippen molar-refractivity contribution in [2.24, 2.45) is 4.99 Å². The first-order valence-corrected chi connectivity index (χ1v) is 6.04. The van der Waals surface area contributed by atoms with Crippen LogP contribution < -0.4 is 9.47 Å². The van der Waals surface area contributed by atoms with Crippen molar-refractivity contribution in [3.63, 3.8) is 0 Å². The predicted octanol–water partition coefficient (Wildman–Crippen LogP) is 2.18. The molecule has 0 aromatic heterocycles. The molecule has 19 heavy (non-hydrogen) atoms. The van der Waals surface area contributed by atoms with E-state index in [-0.39, 0.29) is 0 Å². The molecule has 1 aromatic rings. The number of rotatable bonds is 6. The Labute approximate surface area is 112 Å². The Morgan fingerprint density at radius 1 is 1.26 bits per heavy atom. The molecule has 0 bridgehead atoms.